The van der Waals surface area contributed by atoms with Crippen LogP contribution in [-0.2, 0) is 19.2 Å². The number of hydrogen-bond donors (Lipinski definition) is 4. The van der Waals surface area contributed by atoms with Crippen LogP contribution in [-0.4, -0.2) is 58.3 Å². The van der Waals surface area contributed by atoms with Crippen LogP contribution in [0, 0.1) is 0 Å². The van der Waals surface area contributed by atoms with Gasteiger partial charge in [-0.1, -0.05) is 103 Å². The van der Waals surface area contributed by atoms with Crippen molar-refractivity contribution in [3.63, 3.8) is 0 Å². The zero-order chi connectivity index (χ0) is 34.9. The van der Waals surface area contributed by atoms with Gasteiger partial charge in [-0.3, -0.25) is 19.2 Å². The summed E-state index contributed by atoms with van der Waals surface area (Å²) in [5, 5.41) is 19.7. The van der Waals surface area contributed by atoms with E-state index in [9.17, 15) is 24.3 Å². The van der Waals surface area contributed by atoms with Crippen LogP contribution in [0.3, 0.4) is 0 Å². The van der Waals surface area contributed by atoms with Crippen LogP contribution in [0.15, 0.2) is 128 Å². The second-order valence-electron chi connectivity index (χ2n) is 12.1. The number of likely N-dealkylation sites (tertiary alicyclic amines) is 1. The molecule has 4 aromatic rings. The lowest BCUT2D eigenvalue weighted by Gasteiger charge is -2.32. The molecule has 254 valence electrons. The number of hydrogen-bond acceptors (Lipinski definition) is 6. The highest BCUT2D eigenvalue weighted by atomic mass is 16.5. The molecular formula is C40H38N4O6. The van der Waals surface area contributed by atoms with Gasteiger partial charge < -0.3 is 30.7 Å². The summed E-state index contributed by atoms with van der Waals surface area (Å²) >= 11 is 0. The number of carbonyl (C=O) groups is 4. The molecule has 3 heterocycles. The maximum atomic E-state index is 14.4. The molecular weight excluding hydrogens is 632 g/mol. The lowest BCUT2D eigenvalue weighted by Crippen LogP contribution is -2.59. The molecule has 0 radical (unpaired) electrons. The Morgan fingerprint density at radius 3 is 2.22 bits per heavy atom. The van der Waals surface area contributed by atoms with Crippen LogP contribution < -0.4 is 20.7 Å². The second kappa shape index (κ2) is 15.9. The summed E-state index contributed by atoms with van der Waals surface area (Å²) in [6, 6.07) is 30.2. The molecule has 0 aliphatic carbocycles. The van der Waals surface area contributed by atoms with E-state index in [1.165, 1.54) is 17.2 Å². The van der Waals surface area contributed by atoms with Gasteiger partial charge in [0.05, 0.1) is 0 Å². The van der Waals surface area contributed by atoms with Gasteiger partial charge in [0, 0.05) is 18.8 Å². The van der Waals surface area contributed by atoms with Gasteiger partial charge in [-0.05, 0) is 59.4 Å². The minimum absolute atomic E-state index is 0.325. The normalized spacial score (nSPS) is 22.1. The molecule has 3 aliphatic rings. The molecule has 0 spiro atoms. The number of nitrogens with one attached hydrogen (secondary N) is 3. The van der Waals surface area contributed by atoms with Crippen molar-refractivity contribution in [1.29, 1.82) is 0 Å². The molecule has 2 bridgehead atoms. The highest BCUT2D eigenvalue weighted by Crippen LogP contribution is 2.28. The molecule has 10 heteroatoms. The Morgan fingerprint density at radius 2 is 1.52 bits per heavy atom. The molecule has 4 aromatic carbocycles. The average Bonchev–Trinajstić information content (AvgIpc) is 3.66. The predicted molar refractivity (Wildman–Crippen MR) is 189 cm³/mol. The van der Waals surface area contributed by atoms with Gasteiger partial charge in [0.15, 0.2) is 6.10 Å². The van der Waals surface area contributed by atoms with Gasteiger partial charge in [0.25, 0.3) is 0 Å². The molecule has 0 saturated carbocycles. The van der Waals surface area contributed by atoms with Crippen LogP contribution in [0.4, 0.5) is 0 Å². The Morgan fingerprint density at radius 1 is 0.860 bits per heavy atom. The maximum absolute atomic E-state index is 14.4. The summed E-state index contributed by atoms with van der Waals surface area (Å²) < 4.78 is 6.46. The third-order valence-electron chi connectivity index (χ3n) is 8.75. The van der Waals surface area contributed by atoms with Crippen LogP contribution in [0.5, 0.6) is 5.75 Å². The molecule has 10 nitrogen and oxygen atoms in total. The number of amides is 4. The molecule has 1 unspecified atom stereocenters. The number of benzene rings is 4. The van der Waals surface area contributed by atoms with Crippen molar-refractivity contribution in [2.24, 2.45) is 0 Å². The molecule has 4 N–H and O–H groups in total. The van der Waals surface area contributed by atoms with Crippen molar-refractivity contribution in [2.75, 3.05) is 6.54 Å². The SMILES string of the molecule is O=C1N/C=C\c2ccc(cc2)O[C@@H](c2ccccc2)[C@H](NC(=O)[C@@H]2CCCN2C(=O)/C=C/c2ccccc2)C(=O)N[C@H]1C(O)c1ccccc1. The van der Waals surface area contributed by atoms with E-state index in [0.29, 0.717) is 36.3 Å². The van der Waals surface area contributed by atoms with Crippen molar-refractivity contribution in [1.82, 2.24) is 20.9 Å². The van der Waals surface area contributed by atoms with E-state index in [2.05, 4.69) is 16.0 Å². The molecule has 1 saturated heterocycles. The summed E-state index contributed by atoms with van der Waals surface area (Å²) in [4.78, 5) is 56.9. The van der Waals surface area contributed by atoms with Gasteiger partial charge in [0.2, 0.25) is 23.6 Å². The first-order valence-electron chi connectivity index (χ1n) is 16.5. The predicted octanol–water partition coefficient (Wildman–Crippen LogP) is 4.31. The number of aliphatic hydroxyl groups excluding tert-OH is 1. The fourth-order valence-electron chi connectivity index (χ4n) is 6.12. The van der Waals surface area contributed by atoms with E-state index in [0.717, 1.165) is 11.1 Å². The third kappa shape index (κ3) is 8.16. The fourth-order valence-corrected chi connectivity index (χ4v) is 6.12. The third-order valence-corrected chi connectivity index (χ3v) is 8.75. The first-order valence-corrected chi connectivity index (χ1v) is 16.5. The molecule has 0 aromatic heterocycles. The Kier molecular flexibility index (Phi) is 10.8. The first kappa shape index (κ1) is 33.9. The van der Waals surface area contributed by atoms with Crippen LogP contribution in [0.1, 0.15) is 47.3 Å². The molecule has 3 aliphatic heterocycles. The Hall–Kier alpha value is -6.00. The molecule has 5 atom stereocenters. The summed E-state index contributed by atoms with van der Waals surface area (Å²) in [5.74, 6) is -1.86. The first-order chi connectivity index (χ1) is 24.4. The quantitative estimate of drug-likeness (QED) is 0.216. The minimum Gasteiger partial charge on any atom is -0.483 e. The number of carbonyl (C=O) groups excluding carboxylic acids is 4. The second-order valence-corrected chi connectivity index (χ2v) is 12.1. The van der Waals surface area contributed by atoms with Crippen molar-refractivity contribution in [3.05, 3.63) is 150 Å². The highest BCUT2D eigenvalue weighted by molar-refractivity contribution is 5.98. The van der Waals surface area contributed by atoms with Gasteiger partial charge in [-0.2, -0.15) is 0 Å². The lowest BCUT2D eigenvalue weighted by atomic mass is 9.97. The van der Waals surface area contributed by atoms with E-state index in [1.807, 2.05) is 36.4 Å². The van der Waals surface area contributed by atoms with Crippen LogP contribution in [0.25, 0.3) is 12.2 Å². The van der Waals surface area contributed by atoms with Gasteiger partial charge in [-0.15, -0.1) is 0 Å². The highest BCUT2D eigenvalue weighted by Gasteiger charge is 2.41. The van der Waals surface area contributed by atoms with E-state index in [4.69, 9.17) is 4.74 Å². The summed E-state index contributed by atoms with van der Waals surface area (Å²) in [6.07, 6.45) is 4.77. The summed E-state index contributed by atoms with van der Waals surface area (Å²) in [6.45, 7) is 0.372. The Bertz CT molecular complexity index is 1850. The maximum Gasteiger partial charge on any atom is 0.249 e. The molecule has 50 heavy (non-hydrogen) atoms. The Balaban J connectivity index is 1.35. The fraction of sp³-hybridized carbons (Fsp3) is 0.200. The number of fused-ring (bicyclic) bond motifs is 10. The molecule has 7 rings (SSSR count). The lowest BCUT2D eigenvalue weighted by molar-refractivity contribution is -0.139. The Labute approximate surface area is 290 Å². The number of rotatable bonds is 7. The van der Waals surface area contributed by atoms with E-state index < -0.39 is 48.1 Å². The van der Waals surface area contributed by atoms with Crippen molar-refractivity contribution >= 4 is 35.8 Å². The molecule has 4 amide bonds. The van der Waals surface area contributed by atoms with E-state index in [-0.39, 0.29) is 5.91 Å². The standard InChI is InChI=1S/C40H38N4O6/c45-33(23-20-27-11-4-1-5-12-27)44-26-10-17-32(44)38(47)43-35-37(30-15-8-3-9-16-30)50-31-21-18-28(19-22-31)24-25-41-39(48)34(42-40(35)49)36(46)29-13-6-2-7-14-29/h1-9,11-16,18-25,32,34-37,46H,10,17,26H2,(H,41,48)(H,42,49)(H,43,47)/b23-20+,25-24-/t32-,34-,35-,36?,37-/m0/s1. The zero-order valence-corrected chi connectivity index (χ0v) is 27.2. The van der Waals surface area contributed by atoms with Crippen molar-refractivity contribution in [3.8, 4) is 5.75 Å². The molecule has 1 fully saturated rings. The van der Waals surface area contributed by atoms with Crippen LogP contribution >= 0.6 is 0 Å². The topological polar surface area (TPSA) is 137 Å². The van der Waals surface area contributed by atoms with Gasteiger partial charge in [0.1, 0.15) is 30.0 Å². The van der Waals surface area contributed by atoms with Crippen molar-refractivity contribution < 1.29 is 29.0 Å². The van der Waals surface area contributed by atoms with E-state index >= 15 is 0 Å². The van der Waals surface area contributed by atoms with Crippen molar-refractivity contribution in [2.45, 2.75) is 43.2 Å². The number of aliphatic hydroxyl groups is 1. The van der Waals surface area contributed by atoms with Crippen LogP contribution in [0.2, 0.25) is 0 Å². The van der Waals surface area contributed by atoms with Gasteiger partial charge in [-0.25, -0.2) is 0 Å². The largest absolute Gasteiger partial charge is 0.483 e. The number of nitrogens with zero attached hydrogens (tertiary/aromatic N) is 1. The van der Waals surface area contributed by atoms with E-state index in [1.54, 1.807) is 91.0 Å². The zero-order valence-electron chi connectivity index (χ0n) is 27.2. The minimum atomic E-state index is -1.44. The monoisotopic (exact) mass is 670 g/mol. The van der Waals surface area contributed by atoms with Gasteiger partial charge >= 0.3 is 0 Å². The smallest absolute Gasteiger partial charge is 0.249 e. The average molecular weight is 671 g/mol. The summed E-state index contributed by atoms with van der Waals surface area (Å²) in [5.41, 5.74) is 2.61. The number of ether oxygens (including phenoxy) is 1. The summed E-state index contributed by atoms with van der Waals surface area (Å²) in [7, 11) is 0.